The van der Waals surface area contributed by atoms with Gasteiger partial charge in [0, 0.05) is 29.1 Å². The van der Waals surface area contributed by atoms with E-state index in [9.17, 15) is 9.00 Å². The highest BCUT2D eigenvalue weighted by molar-refractivity contribution is 7.85. The molecule has 92 valence electrons. The molecule has 1 saturated heterocycles. The Kier molecular flexibility index (Phi) is 4.53. The normalized spacial score (nSPS) is 28.4. The average Bonchev–Trinajstić information content (AvgIpc) is 2.88. The lowest BCUT2D eigenvalue weighted by atomic mass is 10.1. The molecule has 16 heavy (non-hydrogen) atoms. The molecule has 0 radical (unpaired) electrons. The molecule has 0 aromatic rings. The van der Waals surface area contributed by atoms with Crippen LogP contribution in [0.4, 0.5) is 0 Å². The molecule has 2 rings (SSSR count). The van der Waals surface area contributed by atoms with Crippen LogP contribution in [0.1, 0.15) is 32.1 Å². The fraction of sp³-hybridized carbons (Fsp3) is 0.917. The number of rotatable bonds is 5. The SMILES string of the molecule is O=C(CS(=O)CC1CCCC1)C1CCOC1. The zero-order valence-corrected chi connectivity index (χ0v) is 10.5. The summed E-state index contributed by atoms with van der Waals surface area (Å²) >= 11 is 0. The Balaban J connectivity index is 1.71. The Morgan fingerprint density at radius 2 is 2.00 bits per heavy atom. The van der Waals surface area contributed by atoms with Crippen molar-refractivity contribution in [2.24, 2.45) is 11.8 Å². The van der Waals surface area contributed by atoms with Crippen molar-refractivity contribution in [1.29, 1.82) is 0 Å². The predicted octanol–water partition coefficient (Wildman–Crippen LogP) is 1.53. The van der Waals surface area contributed by atoms with E-state index in [-0.39, 0.29) is 17.5 Å². The molecular formula is C12H20O3S. The van der Waals surface area contributed by atoms with E-state index in [1.807, 2.05) is 0 Å². The highest BCUT2D eigenvalue weighted by Gasteiger charge is 2.26. The molecule has 0 amide bonds. The Hall–Kier alpha value is -0.220. The molecule has 1 heterocycles. The first-order chi connectivity index (χ1) is 7.75. The number of Topliss-reactive ketones (excluding diaryl/α,β-unsaturated/α-hetero) is 1. The van der Waals surface area contributed by atoms with E-state index in [2.05, 4.69) is 0 Å². The molecule has 1 saturated carbocycles. The monoisotopic (exact) mass is 244 g/mol. The van der Waals surface area contributed by atoms with Crippen molar-refractivity contribution < 1.29 is 13.7 Å². The molecule has 1 aliphatic heterocycles. The Bertz CT molecular complexity index is 265. The number of carbonyl (C=O) groups excluding carboxylic acids is 1. The molecule has 0 spiro atoms. The van der Waals surface area contributed by atoms with Crippen molar-refractivity contribution in [3.63, 3.8) is 0 Å². The van der Waals surface area contributed by atoms with Crippen LogP contribution in [-0.2, 0) is 20.3 Å². The van der Waals surface area contributed by atoms with Gasteiger partial charge in [0.05, 0.1) is 12.4 Å². The lowest BCUT2D eigenvalue weighted by Crippen LogP contribution is -2.23. The predicted molar refractivity (Wildman–Crippen MR) is 63.8 cm³/mol. The summed E-state index contributed by atoms with van der Waals surface area (Å²) < 4.78 is 17.0. The van der Waals surface area contributed by atoms with E-state index in [0.29, 0.717) is 19.1 Å². The van der Waals surface area contributed by atoms with Gasteiger partial charge in [0.25, 0.3) is 0 Å². The number of hydrogen-bond donors (Lipinski definition) is 0. The Morgan fingerprint density at radius 1 is 1.25 bits per heavy atom. The smallest absolute Gasteiger partial charge is 0.150 e. The van der Waals surface area contributed by atoms with Gasteiger partial charge in [0.2, 0.25) is 0 Å². The van der Waals surface area contributed by atoms with E-state index in [4.69, 9.17) is 4.74 Å². The number of ether oxygens (including phenoxy) is 1. The first kappa shape index (κ1) is 12.2. The quantitative estimate of drug-likeness (QED) is 0.736. The van der Waals surface area contributed by atoms with Gasteiger partial charge in [-0.15, -0.1) is 0 Å². The minimum absolute atomic E-state index is 0.0209. The second kappa shape index (κ2) is 5.92. The Morgan fingerprint density at radius 3 is 2.62 bits per heavy atom. The van der Waals surface area contributed by atoms with Crippen LogP contribution in [0.3, 0.4) is 0 Å². The molecule has 0 bridgehead atoms. The summed E-state index contributed by atoms with van der Waals surface area (Å²) in [5.74, 6) is 1.76. The third kappa shape index (κ3) is 3.39. The van der Waals surface area contributed by atoms with Crippen molar-refractivity contribution in [3.8, 4) is 0 Å². The maximum Gasteiger partial charge on any atom is 0.150 e. The summed E-state index contributed by atoms with van der Waals surface area (Å²) in [6.45, 7) is 1.23. The number of hydrogen-bond acceptors (Lipinski definition) is 3. The van der Waals surface area contributed by atoms with Crippen LogP contribution in [0, 0.1) is 11.8 Å². The van der Waals surface area contributed by atoms with E-state index in [0.717, 1.165) is 12.2 Å². The minimum atomic E-state index is -0.941. The summed E-state index contributed by atoms with van der Waals surface area (Å²) in [7, 11) is -0.941. The molecular weight excluding hydrogens is 224 g/mol. The third-order valence-corrected chi connectivity index (χ3v) is 5.03. The first-order valence-electron chi connectivity index (χ1n) is 6.21. The minimum Gasteiger partial charge on any atom is -0.381 e. The molecule has 1 aliphatic carbocycles. The number of carbonyl (C=O) groups is 1. The van der Waals surface area contributed by atoms with Gasteiger partial charge in [-0.1, -0.05) is 12.8 Å². The van der Waals surface area contributed by atoms with Crippen LogP contribution in [0.25, 0.3) is 0 Å². The lowest BCUT2D eigenvalue weighted by molar-refractivity contribution is -0.120. The van der Waals surface area contributed by atoms with Crippen LogP contribution in [-0.4, -0.2) is 34.7 Å². The van der Waals surface area contributed by atoms with Crippen LogP contribution in [0.5, 0.6) is 0 Å². The Labute approximate surface area is 99.4 Å². The van der Waals surface area contributed by atoms with E-state index >= 15 is 0 Å². The van der Waals surface area contributed by atoms with Gasteiger partial charge < -0.3 is 4.74 Å². The van der Waals surface area contributed by atoms with E-state index in [1.165, 1.54) is 25.7 Å². The maximum absolute atomic E-state index is 11.8. The topological polar surface area (TPSA) is 43.4 Å². The molecule has 2 atom stereocenters. The fourth-order valence-corrected chi connectivity index (χ4v) is 4.09. The van der Waals surface area contributed by atoms with Gasteiger partial charge in [-0.05, 0) is 25.2 Å². The van der Waals surface area contributed by atoms with Gasteiger partial charge >= 0.3 is 0 Å². The molecule has 2 unspecified atom stereocenters. The number of ketones is 1. The molecule has 2 fully saturated rings. The highest BCUT2D eigenvalue weighted by atomic mass is 32.2. The molecule has 4 heteroatoms. The third-order valence-electron chi connectivity index (χ3n) is 3.58. The second-order valence-electron chi connectivity index (χ2n) is 4.93. The van der Waals surface area contributed by atoms with Crippen LogP contribution in [0.2, 0.25) is 0 Å². The van der Waals surface area contributed by atoms with Crippen LogP contribution >= 0.6 is 0 Å². The standard InChI is InChI=1S/C12H20O3S/c13-12(11-5-6-15-7-11)9-16(14)8-10-3-1-2-4-10/h10-11H,1-9H2. The van der Waals surface area contributed by atoms with Gasteiger partial charge in [-0.25, -0.2) is 0 Å². The van der Waals surface area contributed by atoms with Gasteiger partial charge in [-0.3, -0.25) is 9.00 Å². The molecule has 0 aromatic carbocycles. The lowest BCUT2D eigenvalue weighted by Gasteiger charge is -2.09. The molecule has 2 aliphatic rings. The van der Waals surface area contributed by atoms with Crippen molar-refractivity contribution in [1.82, 2.24) is 0 Å². The summed E-state index contributed by atoms with van der Waals surface area (Å²) in [6, 6.07) is 0. The van der Waals surface area contributed by atoms with E-state index < -0.39 is 10.8 Å². The van der Waals surface area contributed by atoms with E-state index in [1.54, 1.807) is 0 Å². The van der Waals surface area contributed by atoms with Crippen molar-refractivity contribution >= 4 is 16.6 Å². The summed E-state index contributed by atoms with van der Waals surface area (Å²) in [5.41, 5.74) is 0. The largest absolute Gasteiger partial charge is 0.381 e. The zero-order valence-electron chi connectivity index (χ0n) is 9.65. The van der Waals surface area contributed by atoms with Crippen molar-refractivity contribution in [2.75, 3.05) is 24.7 Å². The van der Waals surface area contributed by atoms with Crippen LogP contribution < -0.4 is 0 Å². The second-order valence-corrected chi connectivity index (χ2v) is 6.43. The molecule has 3 nitrogen and oxygen atoms in total. The van der Waals surface area contributed by atoms with Gasteiger partial charge in [0.15, 0.2) is 5.78 Å². The first-order valence-corrected chi connectivity index (χ1v) is 7.70. The summed E-state index contributed by atoms with van der Waals surface area (Å²) in [5, 5.41) is 0. The van der Waals surface area contributed by atoms with Crippen LogP contribution in [0.15, 0.2) is 0 Å². The summed E-state index contributed by atoms with van der Waals surface area (Å²) in [4.78, 5) is 11.8. The van der Waals surface area contributed by atoms with Crippen molar-refractivity contribution in [3.05, 3.63) is 0 Å². The van der Waals surface area contributed by atoms with Gasteiger partial charge in [-0.2, -0.15) is 0 Å². The fourth-order valence-electron chi connectivity index (χ4n) is 2.56. The molecule has 0 N–H and O–H groups in total. The maximum atomic E-state index is 11.8. The molecule has 0 aromatic heterocycles. The average molecular weight is 244 g/mol. The van der Waals surface area contributed by atoms with Crippen molar-refractivity contribution in [2.45, 2.75) is 32.1 Å². The zero-order chi connectivity index (χ0) is 11.4. The summed E-state index contributed by atoms with van der Waals surface area (Å²) in [6.07, 6.45) is 5.76. The van der Waals surface area contributed by atoms with Gasteiger partial charge in [0.1, 0.15) is 0 Å². The highest BCUT2D eigenvalue weighted by Crippen LogP contribution is 2.25.